The van der Waals surface area contributed by atoms with Crippen molar-refractivity contribution in [2.45, 2.75) is 13.0 Å². The first-order valence-electron chi connectivity index (χ1n) is 8.19. The van der Waals surface area contributed by atoms with E-state index in [0.717, 1.165) is 0 Å². The summed E-state index contributed by atoms with van der Waals surface area (Å²) in [5.74, 6) is 0.206. The van der Waals surface area contributed by atoms with Gasteiger partial charge >= 0.3 is 0 Å². The number of nitrogens with one attached hydrogen (secondary N) is 2. The third-order valence-corrected chi connectivity index (χ3v) is 4.37. The number of carbonyl (C=O) groups excluding carboxylic acids is 2. The highest BCUT2D eigenvalue weighted by Crippen LogP contribution is 2.22. The number of hydrogen-bond donors (Lipinski definition) is 2. The largest absolute Gasteiger partial charge is 0.497 e. The second-order valence-electron chi connectivity index (χ2n) is 6.02. The van der Waals surface area contributed by atoms with E-state index in [9.17, 15) is 9.59 Å². The number of rotatable bonds is 7. The van der Waals surface area contributed by atoms with Gasteiger partial charge in [0.2, 0.25) is 11.8 Å². The molecule has 0 unspecified atom stereocenters. The van der Waals surface area contributed by atoms with Gasteiger partial charge in [0.25, 0.3) is 0 Å². The summed E-state index contributed by atoms with van der Waals surface area (Å²) in [4.78, 5) is 26.2. The van der Waals surface area contributed by atoms with Crippen LogP contribution in [-0.4, -0.2) is 43.5 Å². The van der Waals surface area contributed by atoms with Gasteiger partial charge in [-0.05, 0) is 56.4 Å². The Balaban J connectivity index is 1.90. The van der Waals surface area contributed by atoms with E-state index in [0.29, 0.717) is 27.2 Å². The van der Waals surface area contributed by atoms with Crippen molar-refractivity contribution in [2.75, 3.05) is 31.3 Å². The highest BCUT2D eigenvalue weighted by Gasteiger charge is 2.20. The summed E-state index contributed by atoms with van der Waals surface area (Å²) in [5, 5.41) is 6.38. The number of likely N-dealkylation sites (N-methyl/N-ethyl adjacent to an activating group) is 1. The smallest absolute Gasteiger partial charge is 0.241 e. The molecule has 0 saturated heterocycles. The van der Waals surface area contributed by atoms with Crippen LogP contribution in [0.25, 0.3) is 0 Å². The predicted molar refractivity (Wildman–Crippen MR) is 109 cm³/mol. The zero-order chi connectivity index (χ0) is 20.0. The fraction of sp³-hybridized carbons (Fsp3) is 0.263. The number of anilines is 2. The standard InChI is InChI=1S/C19H21Cl2N3O3/c1-12(19(26)23-16-9-13(20)8-14(21)10-16)24(2)11-18(25)22-15-4-6-17(27-3)7-5-15/h4-10,12H,11H2,1-3H3,(H,22,25)(H,23,26)/t12-/m0/s1. The van der Waals surface area contributed by atoms with Crippen molar-refractivity contribution in [2.24, 2.45) is 0 Å². The van der Waals surface area contributed by atoms with Crippen molar-refractivity contribution in [3.63, 3.8) is 0 Å². The molecule has 2 N–H and O–H groups in total. The van der Waals surface area contributed by atoms with Crippen LogP contribution >= 0.6 is 23.2 Å². The number of carbonyl (C=O) groups is 2. The molecule has 0 aliphatic heterocycles. The predicted octanol–water partition coefficient (Wildman–Crippen LogP) is 3.90. The molecule has 1 atom stereocenters. The summed E-state index contributed by atoms with van der Waals surface area (Å²) in [6.07, 6.45) is 0. The highest BCUT2D eigenvalue weighted by atomic mass is 35.5. The number of ether oxygens (including phenoxy) is 1. The van der Waals surface area contributed by atoms with Crippen LogP contribution in [0.2, 0.25) is 10.0 Å². The second kappa shape index (κ2) is 9.60. The molecule has 0 fully saturated rings. The lowest BCUT2D eigenvalue weighted by Crippen LogP contribution is -2.43. The van der Waals surface area contributed by atoms with Gasteiger partial charge in [-0.15, -0.1) is 0 Å². The van der Waals surface area contributed by atoms with Crippen LogP contribution in [-0.2, 0) is 9.59 Å². The molecule has 0 heterocycles. The van der Waals surface area contributed by atoms with Gasteiger partial charge in [-0.3, -0.25) is 14.5 Å². The zero-order valence-corrected chi connectivity index (χ0v) is 16.8. The Bertz CT molecular complexity index is 792. The van der Waals surface area contributed by atoms with Crippen LogP contribution in [0, 0.1) is 0 Å². The molecule has 144 valence electrons. The summed E-state index contributed by atoms with van der Waals surface area (Å²) in [5.41, 5.74) is 1.15. The molecule has 8 heteroatoms. The van der Waals surface area contributed by atoms with Crippen molar-refractivity contribution in [1.29, 1.82) is 0 Å². The fourth-order valence-corrected chi connectivity index (χ4v) is 2.84. The van der Waals surface area contributed by atoms with Crippen LogP contribution in [0.5, 0.6) is 5.75 Å². The zero-order valence-electron chi connectivity index (χ0n) is 15.3. The van der Waals surface area contributed by atoms with E-state index in [-0.39, 0.29) is 18.4 Å². The third kappa shape index (κ3) is 6.43. The lowest BCUT2D eigenvalue weighted by atomic mass is 10.2. The third-order valence-electron chi connectivity index (χ3n) is 3.94. The number of hydrogen-bond acceptors (Lipinski definition) is 4. The van der Waals surface area contributed by atoms with Gasteiger partial charge in [-0.25, -0.2) is 0 Å². The van der Waals surface area contributed by atoms with Gasteiger partial charge < -0.3 is 15.4 Å². The summed E-state index contributed by atoms with van der Waals surface area (Å²) in [7, 11) is 3.27. The normalized spacial score (nSPS) is 11.8. The topological polar surface area (TPSA) is 70.7 Å². The Morgan fingerprint density at radius 2 is 1.63 bits per heavy atom. The lowest BCUT2D eigenvalue weighted by molar-refractivity contribution is -0.122. The molecule has 2 aromatic carbocycles. The van der Waals surface area contributed by atoms with Gasteiger partial charge in [-0.1, -0.05) is 23.2 Å². The molecule has 2 rings (SSSR count). The molecule has 0 aliphatic carbocycles. The number of methoxy groups -OCH3 is 1. The molecule has 2 amide bonds. The van der Waals surface area contributed by atoms with Crippen molar-refractivity contribution in [1.82, 2.24) is 4.90 Å². The summed E-state index contributed by atoms with van der Waals surface area (Å²) in [6.45, 7) is 1.76. The van der Waals surface area contributed by atoms with E-state index in [1.807, 2.05) is 0 Å². The van der Waals surface area contributed by atoms with E-state index in [1.165, 1.54) is 0 Å². The van der Waals surface area contributed by atoms with Gasteiger partial charge in [0.1, 0.15) is 5.75 Å². The van der Waals surface area contributed by atoms with Crippen molar-refractivity contribution < 1.29 is 14.3 Å². The lowest BCUT2D eigenvalue weighted by Gasteiger charge is -2.23. The minimum Gasteiger partial charge on any atom is -0.497 e. The number of amides is 2. The van der Waals surface area contributed by atoms with Crippen LogP contribution in [0.1, 0.15) is 6.92 Å². The van der Waals surface area contributed by atoms with E-state index < -0.39 is 6.04 Å². The first-order valence-corrected chi connectivity index (χ1v) is 8.95. The van der Waals surface area contributed by atoms with Crippen LogP contribution in [0.3, 0.4) is 0 Å². The Labute approximate surface area is 168 Å². The van der Waals surface area contributed by atoms with E-state index >= 15 is 0 Å². The minimum atomic E-state index is -0.538. The first-order chi connectivity index (χ1) is 12.8. The van der Waals surface area contributed by atoms with Crippen molar-refractivity contribution in [3.05, 3.63) is 52.5 Å². The average Bonchev–Trinajstić information content (AvgIpc) is 2.60. The molecule has 0 aliphatic rings. The maximum absolute atomic E-state index is 12.4. The maximum atomic E-state index is 12.4. The Hall–Kier alpha value is -2.28. The molecule has 0 spiro atoms. The quantitative estimate of drug-likeness (QED) is 0.727. The Kier molecular flexibility index (Phi) is 7.47. The Morgan fingerprint density at radius 3 is 2.19 bits per heavy atom. The SMILES string of the molecule is COc1ccc(NC(=O)CN(C)[C@@H](C)C(=O)Nc2cc(Cl)cc(Cl)c2)cc1. The maximum Gasteiger partial charge on any atom is 0.241 e. The van der Waals surface area contributed by atoms with Crippen LogP contribution in [0.4, 0.5) is 11.4 Å². The first kappa shape index (κ1) is 21.0. The molecule has 6 nitrogen and oxygen atoms in total. The van der Waals surface area contributed by atoms with E-state index in [4.69, 9.17) is 27.9 Å². The summed E-state index contributed by atoms with van der Waals surface area (Å²) < 4.78 is 5.08. The van der Waals surface area contributed by atoms with Crippen molar-refractivity contribution >= 4 is 46.4 Å². The van der Waals surface area contributed by atoms with Crippen molar-refractivity contribution in [3.8, 4) is 5.75 Å². The minimum absolute atomic E-state index is 0.0525. The van der Waals surface area contributed by atoms with Gasteiger partial charge in [0.15, 0.2) is 0 Å². The molecular formula is C19H21Cl2N3O3. The van der Waals surface area contributed by atoms with Crippen LogP contribution < -0.4 is 15.4 Å². The van der Waals surface area contributed by atoms with E-state index in [2.05, 4.69) is 10.6 Å². The molecule has 0 radical (unpaired) electrons. The second-order valence-corrected chi connectivity index (χ2v) is 6.89. The molecule has 0 saturated carbocycles. The number of nitrogens with zero attached hydrogens (tertiary/aromatic N) is 1. The summed E-state index contributed by atoms with van der Waals surface area (Å²) in [6, 6.07) is 11.3. The monoisotopic (exact) mass is 409 g/mol. The molecule has 0 aromatic heterocycles. The van der Waals surface area contributed by atoms with Crippen LogP contribution in [0.15, 0.2) is 42.5 Å². The summed E-state index contributed by atoms with van der Waals surface area (Å²) >= 11 is 11.9. The van der Waals surface area contributed by atoms with Gasteiger partial charge in [-0.2, -0.15) is 0 Å². The molecular weight excluding hydrogens is 389 g/mol. The Morgan fingerprint density at radius 1 is 1.04 bits per heavy atom. The number of benzene rings is 2. The average molecular weight is 410 g/mol. The molecule has 27 heavy (non-hydrogen) atoms. The van der Waals surface area contributed by atoms with Gasteiger partial charge in [0.05, 0.1) is 19.7 Å². The molecule has 2 aromatic rings. The molecule has 0 bridgehead atoms. The fourth-order valence-electron chi connectivity index (χ4n) is 2.31. The number of halogens is 2. The highest BCUT2D eigenvalue weighted by molar-refractivity contribution is 6.35. The van der Waals surface area contributed by atoms with Gasteiger partial charge in [0, 0.05) is 21.4 Å². The van der Waals surface area contributed by atoms with E-state index in [1.54, 1.807) is 68.4 Å².